The molecule has 8 aromatic rings. The van der Waals surface area contributed by atoms with Crippen LogP contribution in [-0.4, -0.2) is 128 Å². The minimum atomic E-state index is -1.24. The summed E-state index contributed by atoms with van der Waals surface area (Å²) in [5, 5.41) is 45.6. The fraction of sp³-hybridized carbons (Fsp3) is 0.444. The largest absolute Gasteiger partial charge is 2.00 e. The number of rotatable bonds is 28. The first-order valence-electron chi connectivity index (χ1n) is 31.9. The molecule has 0 N–H and O–H groups in total. The Morgan fingerprint density at radius 2 is 0.422 bits per heavy atom. The molecule has 0 aliphatic heterocycles. The van der Waals surface area contributed by atoms with Gasteiger partial charge >= 0.3 is 278 Å². The van der Waals surface area contributed by atoms with E-state index in [1.807, 2.05) is 72.8 Å². The predicted molar refractivity (Wildman–Crippen MR) is 366 cm³/mol. The van der Waals surface area contributed by atoms with Crippen LogP contribution in [0.25, 0.3) is 43.6 Å². The fourth-order valence-corrected chi connectivity index (χ4v) is 24.3. The molecule has 4 aromatic carbocycles. The average Bonchev–Trinajstić information content (AvgIpc) is 2.51. The van der Waals surface area contributed by atoms with Crippen molar-refractivity contribution in [2.24, 2.45) is 0 Å². The maximum atomic E-state index is 10.5. The van der Waals surface area contributed by atoms with Crippen molar-refractivity contribution in [3.8, 4) is 0 Å². The normalized spacial score (nSPS) is 9.51. The van der Waals surface area contributed by atoms with Crippen molar-refractivity contribution in [2.75, 3.05) is 0 Å². The molecule has 480 valence electrons. The fourth-order valence-electron chi connectivity index (χ4n) is 7.63. The number of aromatic carboxylic acids is 4. The van der Waals surface area contributed by atoms with Gasteiger partial charge in [0.2, 0.25) is 0 Å². The smallest absolute Gasteiger partial charge is 0.0900 e. The third-order valence-electron chi connectivity index (χ3n) is 12.9. The first-order valence-corrected chi connectivity index (χ1v) is 48.0. The van der Waals surface area contributed by atoms with Crippen LogP contribution in [0.15, 0.2) is 146 Å². The molecule has 14 nitrogen and oxygen atoms in total. The summed E-state index contributed by atoms with van der Waals surface area (Å²) < 4.78 is 13.0. The molecule has 0 bridgehead atoms. The maximum absolute atomic E-state index is 10.5. The van der Waals surface area contributed by atoms with Crippen LogP contribution in [0.1, 0.15) is 200 Å². The second-order valence-electron chi connectivity index (χ2n) is 20.5. The molecule has 90 heavy (non-hydrogen) atoms. The molecule has 4 heterocycles. The number of carbonyl (C=O) groups excluding carboxylic acids is 4. The van der Waals surface area contributed by atoms with E-state index >= 15 is 0 Å². The Labute approximate surface area is 579 Å². The van der Waals surface area contributed by atoms with Crippen LogP contribution in [0.4, 0.5) is 0 Å². The minimum absolute atomic E-state index is 0. The zero-order valence-corrected chi connectivity index (χ0v) is 66.1. The molecule has 0 saturated carbocycles. The van der Waals surface area contributed by atoms with Crippen molar-refractivity contribution < 1.29 is 50.6 Å². The van der Waals surface area contributed by atoms with Crippen LogP contribution in [0, 0.1) is 0 Å². The number of benzene rings is 4. The number of carbonyl (C=O) groups is 4. The average molecular weight is 1650 g/mol. The van der Waals surface area contributed by atoms with Crippen LogP contribution in [0.2, 0.25) is 35.5 Å². The number of hydrogen-bond donors (Lipinski definition) is 0. The van der Waals surface area contributed by atoms with Crippen LogP contribution in [0.3, 0.4) is 0 Å². The first-order chi connectivity index (χ1) is 42.7. The molecule has 0 spiro atoms. The maximum Gasteiger partial charge on any atom is 0.0900 e. The van der Waals surface area contributed by atoms with Crippen molar-refractivity contribution in [3.63, 3.8) is 0 Å². The summed E-state index contributed by atoms with van der Waals surface area (Å²) >= 11 is 0.598. The Bertz CT molecular complexity index is 2680. The van der Waals surface area contributed by atoms with Gasteiger partial charge in [0.15, 0.2) is 0 Å². The Hall–Kier alpha value is -4.49. The van der Waals surface area contributed by atoms with Crippen LogP contribution in [-0.2, 0) is 11.0 Å². The van der Waals surface area contributed by atoms with Gasteiger partial charge in [0, 0.05) is 21.5 Å². The summed E-state index contributed by atoms with van der Waals surface area (Å²) in [7, 11) is 0. The van der Waals surface area contributed by atoms with Gasteiger partial charge in [-0.25, -0.2) is 19.9 Å². The molecular formula is C72H96N4O10Sn4. The topological polar surface area (TPSA) is 269 Å². The van der Waals surface area contributed by atoms with Crippen LogP contribution in [0.5, 0.6) is 0 Å². The Kier molecular flexibility index (Phi) is 57.9. The van der Waals surface area contributed by atoms with Crippen molar-refractivity contribution in [1.29, 1.82) is 0 Å². The zero-order valence-electron chi connectivity index (χ0n) is 54.7. The Morgan fingerprint density at radius 3 is 0.567 bits per heavy atom. The minimum Gasteiger partial charge on any atom is -2.00 e. The van der Waals surface area contributed by atoms with E-state index in [0.29, 0.717) is 22.1 Å². The first kappa shape index (κ1) is 87.6. The predicted octanol–water partition coefficient (Wildman–Crippen LogP) is 14.7. The number of nitrogens with zero attached hydrogens (tertiary/aromatic N) is 4. The summed E-state index contributed by atoms with van der Waals surface area (Å²) in [4.78, 5) is 57.5. The van der Waals surface area contributed by atoms with Gasteiger partial charge in [-0.3, -0.25) is 0 Å². The molecule has 4 aromatic heterocycles. The molecule has 0 fully saturated rings. The van der Waals surface area contributed by atoms with Gasteiger partial charge in [-0.05, 0) is 48.5 Å². The number of hydrogen-bond acceptors (Lipinski definition) is 12. The number of aromatic nitrogens is 4. The van der Waals surface area contributed by atoms with E-state index in [9.17, 15) is 39.6 Å². The third kappa shape index (κ3) is 42.6. The molecular weight excluding hydrogens is 1560 g/mol. The zero-order chi connectivity index (χ0) is 64.8. The van der Waals surface area contributed by atoms with Gasteiger partial charge in [-0.2, -0.15) is 0 Å². The summed E-state index contributed by atoms with van der Waals surface area (Å²) in [6.07, 6.45) is 23.4. The summed E-state index contributed by atoms with van der Waals surface area (Å²) in [5.74, 6) is -4.98. The molecule has 0 amide bonds. The second kappa shape index (κ2) is 59.5. The van der Waals surface area contributed by atoms with E-state index in [-0.39, 0.29) is 118 Å². The SMILES string of the molecule is CCC[CH2][Sn+2][CH2]CCC.CCC[CH2][Sn+2][CH2]CCC.CCC[CH2][Sn+2][CH2]CCC.CCC[CH2][Sn+2][CH2]CCC.O=C([O-])c1ccc2ccccc2n1.O=C([O-])c1ccc2ccccc2n1.O=C([O-])c1ccc2ccccc2n1.O=C([O-])c1ccc2ccccc2n1.[O-2].[O-2]. The quantitative estimate of drug-likeness (QED) is 0.0327. The van der Waals surface area contributed by atoms with Crippen molar-refractivity contribution in [1.82, 2.24) is 19.9 Å². The van der Waals surface area contributed by atoms with E-state index < -0.39 is 23.9 Å². The molecule has 0 aliphatic carbocycles. The van der Waals surface area contributed by atoms with Crippen LogP contribution >= 0.6 is 0 Å². The van der Waals surface area contributed by atoms with Gasteiger partial charge in [0.05, 0.1) is 68.7 Å². The molecule has 0 atom stereocenters. The third-order valence-corrected chi connectivity index (χ3v) is 29.0. The number of para-hydroxylation sites is 4. The monoisotopic (exact) mass is 1660 g/mol. The van der Waals surface area contributed by atoms with Gasteiger partial charge < -0.3 is 50.6 Å². The number of pyridine rings is 4. The van der Waals surface area contributed by atoms with E-state index in [4.69, 9.17) is 0 Å². The molecule has 8 rings (SSSR count). The van der Waals surface area contributed by atoms with Crippen molar-refractivity contribution >= 4 is 152 Å². The van der Waals surface area contributed by atoms with E-state index in [2.05, 4.69) is 75.3 Å². The van der Waals surface area contributed by atoms with Crippen molar-refractivity contribution in [3.05, 3.63) is 168 Å². The summed E-state index contributed by atoms with van der Waals surface area (Å²) in [6.45, 7) is 18.3. The second-order valence-corrected chi connectivity index (χ2v) is 37.7. The van der Waals surface area contributed by atoms with Gasteiger partial charge in [0.1, 0.15) is 0 Å². The molecule has 0 aliphatic rings. The van der Waals surface area contributed by atoms with Gasteiger partial charge in [0.25, 0.3) is 0 Å². The number of unbranched alkanes of at least 4 members (excludes halogenated alkanes) is 8. The molecule has 18 heteroatoms. The van der Waals surface area contributed by atoms with E-state index in [1.165, 1.54) is 127 Å². The standard InChI is InChI=1S/4C10H7NO2.8C4H9.2O.4Sn/c4*12-10(13)9-6-5-7-3-1-2-4-8(7)11-9;8*1-3-4-2;;;;;;/h4*1-6H,(H,12,13);8*1,3-4H2,2H3;;;;;;/q;;;;;;;;;;;;2*-2;4*+2/p-4. The van der Waals surface area contributed by atoms with Gasteiger partial charge in [-0.1, -0.05) is 97.1 Å². The number of fused-ring (bicyclic) bond motifs is 4. The van der Waals surface area contributed by atoms with Crippen LogP contribution < -0.4 is 20.4 Å². The molecule has 0 unspecified atom stereocenters. The number of carboxylic acid groups (broad SMARTS) is 4. The summed E-state index contributed by atoms with van der Waals surface area (Å²) in [6, 6.07) is 42.0. The molecule has 0 saturated heterocycles. The van der Waals surface area contributed by atoms with Gasteiger partial charge in [-0.15, -0.1) is 0 Å². The molecule has 0 radical (unpaired) electrons. The summed E-state index contributed by atoms with van der Waals surface area (Å²) in [5.41, 5.74) is 2.57. The van der Waals surface area contributed by atoms with E-state index in [0.717, 1.165) is 21.5 Å². The van der Waals surface area contributed by atoms with Crippen molar-refractivity contribution in [2.45, 2.75) is 194 Å². The Morgan fingerprint density at radius 1 is 0.267 bits per heavy atom. The van der Waals surface area contributed by atoms with E-state index in [1.54, 1.807) is 84.0 Å². The Balaban J connectivity index is 0. The number of carboxylic acids is 4.